The molecule has 0 aliphatic heterocycles. The third-order valence-corrected chi connectivity index (χ3v) is 6.05. The zero-order chi connectivity index (χ0) is 23.9. The number of fused-ring (bicyclic) bond motifs is 1. The smallest absolute Gasteiger partial charge is 0.244 e. The van der Waals surface area contributed by atoms with Crippen LogP contribution in [0.4, 0.5) is 0 Å². The summed E-state index contributed by atoms with van der Waals surface area (Å²) in [4.78, 5) is 12.4. The molecular formula is C30H31NO3. The van der Waals surface area contributed by atoms with Gasteiger partial charge in [0.05, 0.1) is 13.4 Å². The van der Waals surface area contributed by atoms with Gasteiger partial charge in [0.25, 0.3) is 0 Å². The minimum Gasteiger partial charge on any atom is -0.496 e. The second-order valence-corrected chi connectivity index (χ2v) is 8.47. The summed E-state index contributed by atoms with van der Waals surface area (Å²) < 4.78 is 11.5. The third-order valence-electron chi connectivity index (χ3n) is 6.05. The van der Waals surface area contributed by atoms with Crippen LogP contribution in [0.15, 0.2) is 83.5 Å². The highest BCUT2D eigenvalue weighted by Gasteiger charge is 2.15. The van der Waals surface area contributed by atoms with Crippen molar-refractivity contribution in [3.8, 4) is 28.0 Å². The number of carbonyl (C=O) groups is 1. The molecular weight excluding hydrogens is 422 g/mol. The predicted octanol–water partition coefficient (Wildman–Crippen LogP) is 7.49. The van der Waals surface area contributed by atoms with Crippen molar-refractivity contribution in [3.63, 3.8) is 0 Å². The van der Waals surface area contributed by atoms with Crippen LogP contribution in [0.25, 0.3) is 38.8 Å². The van der Waals surface area contributed by atoms with Crippen molar-refractivity contribution < 1.29 is 13.9 Å². The minimum atomic E-state index is -0.0836. The van der Waals surface area contributed by atoms with Gasteiger partial charge in [-0.2, -0.15) is 0 Å². The van der Waals surface area contributed by atoms with Gasteiger partial charge in [-0.05, 0) is 41.7 Å². The molecule has 0 bridgehead atoms. The molecule has 174 valence electrons. The number of hydrogen-bond donors (Lipinski definition) is 1. The largest absolute Gasteiger partial charge is 0.496 e. The lowest BCUT2D eigenvalue weighted by Crippen LogP contribution is -2.22. The molecule has 0 fully saturated rings. The van der Waals surface area contributed by atoms with E-state index in [9.17, 15) is 4.79 Å². The van der Waals surface area contributed by atoms with Crippen molar-refractivity contribution in [2.75, 3.05) is 13.7 Å². The highest BCUT2D eigenvalue weighted by atomic mass is 16.5. The Morgan fingerprint density at radius 2 is 1.68 bits per heavy atom. The molecule has 0 aliphatic carbocycles. The summed E-state index contributed by atoms with van der Waals surface area (Å²) in [6.45, 7) is 4.78. The molecule has 0 atom stereocenters. The van der Waals surface area contributed by atoms with Gasteiger partial charge in [0.1, 0.15) is 11.3 Å². The maximum absolute atomic E-state index is 12.4. The van der Waals surface area contributed by atoms with Crippen LogP contribution in [-0.4, -0.2) is 19.6 Å². The van der Waals surface area contributed by atoms with Gasteiger partial charge in [-0.3, -0.25) is 4.79 Å². The van der Waals surface area contributed by atoms with Gasteiger partial charge in [0.2, 0.25) is 5.91 Å². The molecule has 0 unspecified atom stereocenters. The minimum absolute atomic E-state index is 0.0836. The molecule has 34 heavy (non-hydrogen) atoms. The summed E-state index contributed by atoms with van der Waals surface area (Å²) in [5.74, 6) is 0.597. The molecule has 3 aromatic carbocycles. The molecule has 4 aromatic rings. The first-order valence-corrected chi connectivity index (χ1v) is 11.8. The van der Waals surface area contributed by atoms with Gasteiger partial charge in [0, 0.05) is 35.2 Å². The average molecular weight is 454 g/mol. The number of unbranched alkanes of at least 4 members (excludes halogenated alkanes) is 2. The first-order valence-electron chi connectivity index (χ1n) is 11.8. The standard InChI is InChI=1S/C30H31NO3/c1-4-5-9-16-31-30(32)17-21(2)25-18-26-27(20-34-29(26)19-28(25)33-3)24-14-12-23(13-15-24)22-10-7-6-8-11-22/h6-8,10-15,17-20H,4-5,9,16H2,1-3H3,(H,31,32)/b21-17+. The predicted molar refractivity (Wildman–Crippen MR) is 140 cm³/mol. The molecule has 1 heterocycles. The van der Waals surface area contributed by atoms with Crippen LogP contribution in [-0.2, 0) is 4.79 Å². The van der Waals surface area contributed by atoms with Crippen molar-refractivity contribution in [2.24, 2.45) is 0 Å². The molecule has 4 rings (SSSR count). The highest BCUT2D eigenvalue weighted by molar-refractivity contribution is 6.00. The Morgan fingerprint density at radius 3 is 2.38 bits per heavy atom. The maximum atomic E-state index is 12.4. The number of rotatable bonds is 9. The summed E-state index contributed by atoms with van der Waals surface area (Å²) in [5.41, 5.74) is 6.91. The molecule has 4 heteroatoms. The van der Waals surface area contributed by atoms with Crippen LogP contribution in [0, 0.1) is 0 Å². The fourth-order valence-electron chi connectivity index (χ4n) is 4.14. The topological polar surface area (TPSA) is 51.5 Å². The Morgan fingerprint density at radius 1 is 0.971 bits per heavy atom. The first-order chi connectivity index (χ1) is 16.6. The summed E-state index contributed by atoms with van der Waals surface area (Å²) in [6, 6.07) is 22.7. The van der Waals surface area contributed by atoms with Gasteiger partial charge >= 0.3 is 0 Å². The number of nitrogens with one attached hydrogen (secondary N) is 1. The average Bonchev–Trinajstić information content (AvgIpc) is 3.29. The number of hydrogen-bond acceptors (Lipinski definition) is 3. The van der Waals surface area contributed by atoms with E-state index in [0.717, 1.165) is 52.5 Å². The van der Waals surface area contributed by atoms with Crippen LogP contribution < -0.4 is 10.1 Å². The molecule has 1 amide bonds. The van der Waals surface area contributed by atoms with E-state index in [1.807, 2.05) is 37.3 Å². The zero-order valence-electron chi connectivity index (χ0n) is 20.1. The number of furan rings is 1. The van der Waals surface area contributed by atoms with Crippen LogP contribution in [0.2, 0.25) is 0 Å². The van der Waals surface area contributed by atoms with Crippen molar-refractivity contribution in [1.82, 2.24) is 5.32 Å². The van der Waals surface area contributed by atoms with Crippen LogP contribution in [0.1, 0.15) is 38.7 Å². The molecule has 0 radical (unpaired) electrons. The van der Waals surface area contributed by atoms with E-state index in [-0.39, 0.29) is 5.91 Å². The number of methoxy groups -OCH3 is 1. The van der Waals surface area contributed by atoms with E-state index >= 15 is 0 Å². The second kappa shape index (κ2) is 10.9. The lowest BCUT2D eigenvalue weighted by molar-refractivity contribution is -0.116. The van der Waals surface area contributed by atoms with Gasteiger partial charge < -0.3 is 14.5 Å². The fourth-order valence-corrected chi connectivity index (χ4v) is 4.14. The summed E-state index contributed by atoms with van der Waals surface area (Å²) in [6.07, 6.45) is 6.66. The van der Waals surface area contributed by atoms with Crippen LogP contribution in [0.3, 0.4) is 0 Å². The van der Waals surface area contributed by atoms with Crippen LogP contribution in [0.5, 0.6) is 5.75 Å². The number of allylic oxidation sites excluding steroid dienone is 1. The zero-order valence-corrected chi connectivity index (χ0v) is 20.1. The molecule has 0 aliphatic rings. The summed E-state index contributed by atoms with van der Waals surface area (Å²) in [5, 5.41) is 3.95. The molecule has 1 aromatic heterocycles. The normalized spacial score (nSPS) is 11.6. The van der Waals surface area contributed by atoms with E-state index in [0.29, 0.717) is 12.3 Å². The van der Waals surface area contributed by atoms with Gasteiger partial charge in [0.15, 0.2) is 0 Å². The molecule has 4 nitrogen and oxygen atoms in total. The van der Waals surface area contributed by atoms with E-state index in [4.69, 9.17) is 9.15 Å². The second-order valence-electron chi connectivity index (χ2n) is 8.47. The number of carbonyl (C=O) groups excluding carboxylic acids is 1. The van der Waals surface area contributed by atoms with Crippen LogP contribution >= 0.6 is 0 Å². The Hall–Kier alpha value is -3.79. The molecule has 0 spiro atoms. The third kappa shape index (κ3) is 5.23. The Balaban J connectivity index is 1.64. The quantitative estimate of drug-likeness (QED) is 0.211. The molecule has 1 N–H and O–H groups in total. The molecule has 0 saturated carbocycles. The van der Waals surface area contributed by atoms with Crippen molar-refractivity contribution in [2.45, 2.75) is 33.1 Å². The Labute approximate surface area is 201 Å². The summed E-state index contributed by atoms with van der Waals surface area (Å²) >= 11 is 0. The monoisotopic (exact) mass is 453 g/mol. The number of benzene rings is 3. The SMILES string of the molecule is CCCCCNC(=O)/C=C(\C)c1cc2c(-c3ccc(-c4ccccc4)cc3)coc2cc1OC. The van der Waals surface area contributed by atoms with Gasteiger partial charge in [-0.15, -0.1) is 0 Å². The Kier molecular flexibility index (Phi) is 7.48. The fraction of sp³-hybridized carbons (Fsp3) is 0.233. The summed E-state index contributed by atoms with van der Waals surface area (Å²) in [7, 11) is 1.63. The number of ether oxygens (including phenoxy) is 1. The van der Waals surface area contributed by atoms with Crippen molar-refractivity contribution >= 4 is 22.4 Å². The van der Waals surface area contributed by atoms with E-state index < -0.39 is 0 Å². The van der Waals surface area contributed by atoms with E-state index in [1.54, 1.807) is 19.4 Å². The lowest BCUT2D eigenvalue weighted by atomic mass is 9.97. The van der Waals surface area contributed by atoms with E-state index in [2.05, 4.69) is 48.6 Å². The van der Waals surface area contributed by atoms with E-state index in [1.165, 1.54) is 11.1 Å². The Bertz CT molecular complexity index is 1280. The van der Waals surface area contributed by atoms with Crippen molar-refractivity contribution in [3.05, 3.63) is 84.6 Å². The van der Waals surface area contributed by atoms with Crippen molar-refractivity contribution in [1.29, 1.82) is 0 Å². The lowest BCUT2D eigenvalue weighted by Gasteiger charge is -2.10. The highest BCUT2D eigenvalue weighted by Crippen LogP contribution is 2.37. The van der Waals surface area contributed by atoms with Gasteiger partial charge in [-0.25, -0.2) is 0 Å². The molecule has 0 saturated heterocycles. The number of amides is 1. The van der Waals surface area contributed by atoms with Gasteiger partial charge in [-0.1, -0.05) is 74.4 Å². The first kappa shape index (κ1) is 23.4. The maximum Gasteiger partial charge on any atom is 0.244 e.